The van der Waals surface area contributed by atoms with Gasteiger partial charge in [0.25, 0.3) is 0 Å². The lowest BCUT2D eigenvalue weighted by Gasteiger charge is -2.44. The van der Waals surface area contributed by atoms with Crippen LogP contribution in [0.5, 0.6) is 0 Å². The van der Waals surface area contributed by atoms with E-state index in [1.165, 1.54) is 0 Å². The van der Waals surface area contributed by atoms with Crippen LogP contribution < -0.4 is 0 Å². The van der Waals surface area contributed by atoms with Crippen LogP contribution in [0, 0.1) is 11.3 Å². The van der Waals surface area contributed by atoms with Gasteiger partial charge in [0.2, 0.25) is 0 Å². The number of ether oxygens (including phenoxy) is 1. The minimum Gasteiger partial charge on any atom is -0.361 e. The lowest BCUT2D eigenvalue weighted by molar-refractivity contribution is -0.133. The van der Waals surface area contributed by atoms with Crippen molar-refractivity contribution in [3.63, 3.8) is 0 Å². The van der Waals surface area contributed by atoms with Gasteiger partial charge in [0, 0.05) is 39.6 Å². The van der Waals surface area contributed by atoms with E-state index in [2.05, 4.69) is 18.1 Å². The molecule has 0 bridgehead atoms. The van der Waals surface area contributed by atoms with Crippen LogP contribution in [0.15, 0.2) is 67.7 Å². The van der Waals surface area contributed by atoms with Crippen molar-refractivity contribution < 1.29 is 13.9 Å². The molecule has 2 aliphatic carbocycles. The number of nitrogens with zero attached hydrogens (tertiary/aromatic N) is 3. The average Bonchev–Trinajstić information content (AvgIpc) is 3.65. The first-order chi connectivity index (χ1) is 16.8. The highest BCUT2D eigenvalue weighted by molar-refractivity contribution is 5.94. The maximum Gasteiger partial charge on any atom is 0.170 e. The molecule has 3 aliphatic rings. The van der Waals surface area contributed by atoms with E-state index in [0.29, 0.717) is 23.5 Å². The van der Waals surface area contributed by atoms with Gasteiger partial charge in [-0.25, -0.2) is 14.4 Å². The van der Waals surface area contributed by atoms with E-state index in [-0.39, 0.29) is 29.8 Å². The summed E-state index contributed by atoms with van der Waals surface area (Å²) < 4.78 is 20.7. The fraction of sp³-hybridized carbons (Fsp3) is 0.310. The van der Waals surface area contributed by atoms with Crippen molar-refractivity contribution in [2.45, 2.75) is 44.8 Å². The lowest BCUT2D eigenvalue weighted by Crippen LogP contribution is -2.48. The Bertz CT molecular complexity index is 1450. The minimum absolute atomic E-state index is 0.0529. The number of carbonyl (C=O) groups excluding carboxylic acids is 1. The fourth-order valence-electron chi connectivity index (χ4n) is 6.09. The molecule has 1 saturated heterocycles. The number of Topliss-reactive ketones (excluding diaryl/α,β-unsaturated/α-hetero) is 1. The van der Waals surface area contributed by atoms with Gasteiger partial charge >= 0.3 is 0 Å². The average molecular weight is 468 g/mol. The summed E-state index contributed by atoms with van der Waals surface area (Å²) in [5, 5.41) is 0.918. The van der Waals surface area contributed by atoms with E-state index in [1.807, 2.05) is 44.2 Å². The van der Waals surface area contributed by atoms with Gasteiger partial charge in [0.1, 0.15) is 18.0 Å². The molecular formula is C29H26FN3O2. The molecule has 2 aromatic heterocycles. The number of hydrogen-bond donors (Lipinski definition) is 0. The number of benzene rings is 1. The molecule has 5 nitrogen and oxygen atoms in total. The number of halogens is 1. The van der Waals surface area contributed by atoms with Crippen LogP contribution in [0.2, 0.25) is 0 Å². The van der Waals surface area contributed by atoms with Gasteiger partial charge in [-0.1, -0.05) is 57.4 Å². The summed E-state index contributed by atoms with van der Waals surface area (Å²) in [6.45, 7) is 11.4. The molecule has 0 N–H and O–H groups in total. The summed E-state index contributed by atoms with van der Waals surface area (Å²) in [7, 11) is 0. The van der Waals surface area contributed by atoms with Crippen molar-refractivity contribution >= 4 is 22.3 Å². The van der Waals surface area contributed by atoms with Crippen LogP contribution in [-0.2, 0) is 16.0 Å². The van der Waals surface area contributed by atoms with Gasteiger partial charge in [0.05, 0.1) is 16.9 Å². The monoisotopic (exact) mass is 467 g/mol. The smallest absolute Gasteiger partial charge is 0.170 e. The molecule has 6 rings (SSSR count). The Morgan fingerprint density at radius 1 is 1.23 bits per heavy atom. The normalized spacial score (nSPS) is 26.5. The van der Waals surface area contributed by atoms with E-state index in [1.54, 1.807) is 18.3 Å². The fourth-order valence-corrected chi connectivity index (χ4v) is 6.09. The van der Waals surface area contributed by atoms with Gasteiger partial charge < -0.3 is 4.74 Å². The summed E-state index contributed by atoms with van der Waals surface area (Å²) in [4.78, 5) is 27.5. The Labute approximate surface area is 203 Å². The molecule has 4 atom stereocenters. The number of carbonyl (C=O) groups is 1. The molecular weight excluding hydrogens is 441 g/mol. The molecule has 35 heavy (non-hydrogen) atoms. The topological polar surface area (TPSA) is 68.3 Å². The molecule has 0 spiro atoms. The zero-order valence-electron chi connectivity index (χ0n) is 19.8. The third-order valence-electron chi connectivity index (χ3n) is 7.92. The lowest BCUT2D eigenvalue weighted by atomic mass is 9.58. The molecule has 0 radical (unpaired) electrons. The zero-order valence-corrected chi connectivity index (χ0v) is 19.8. The number of hydrogen-bond acceptors (Lipinski definition) is 5. The Hall–Kier alpha value is -3.51. The Morgan fingerprint density at radius 2 is 2.03 bits per heavy atom. The van der Waals surface area contributed by atoms with Crippen molar-refractivity contribution in [1.29, 1.82) is 0 Å². The van der Waals surface area contributed by atoms with Gasteiger partial charge in [-0.3, -0.25) is 9.78 Å². The third kappa shape index (κ3) is 3.23. The van der Waals surface area contributed by atoms with Crippen molar-refractivity contribution in [1.82, 2.24) is 15.0 Å². The second kappa shape index (κ2) is 7.75. The highest BCUT2D eigenvalue weighted by atomic mass is 19.1. The second-order valence-electron chi connectivity index (χ2n) is 10.1. The van der Waals surface area contributed by atoms with Crippen LogP contribution >= 0.6 is 0 Å². The van der Waals surface area contributed by atoms with E-state index >= 15 is 0 Å². The molecule has 6 heteroatoms. The predicted octanol–water partition coefficient (Wildman–Crippen LogP) is 5.77. The van der Waals surface area contributed by atoms with E-state index in [4.69, 9.17) is 14.7 Å². The molecule has 3 heterocycles. The van der Waals surface area contributed by atoms with Gasteiger partial charge in [0.15, 0.2) is 11.6 Å². The standard InChI is InChI=1S/C29H26FN3O2/c1-5-8-16(15(2)30)23-19-11-12-20-22(25-26(35-25)27(34)29(20,3)4)24(19)33-28(32-23)18-13-14-31-21-10-7-6-9-17(18)21/h5-10,13-14,20,22,25-26H,1-2,11-12H2,3-4H3/b16-8+. The molecule has 176 valence electrons. The largest absolute Gasteiger partial charge is 0.361 e. The molecule has 1 aromatic carbocycles. The molecule has 1 aliphatic heterocycles. The van der Waals surface area contributed by atoms with E-state index in [0.717, 1.165) is 34.1 Å². The van der Waals surface area contributed by atoms with Gasteiger partial charge in [-0.05, 0) is 30.9 Å². The number of fused-ring (bicyclic) bond motifs is 6. The summed E-state index contributed by atoms with van der Waals surface area (Å²) in [5.41, 5.74) is 3.73. The van der Waals surface area contributed by atoms with Gasteiger partial charge in [-0.2, -0.15) is 0 Å². The third-order valence-corrected chi connectivity index (χ3v) is 7.92. The highest BCUT2D eigenvalue weighted by Crippen LogP contribution is 2.58. The highest BCUT2D eigenvalue weighted by Gasteiger charge is 2.65. The van der Waals surface area contributed by atoms with Crippen LogP contribution in [-0.4, -0.2) is 32.9 Å². The number of allylic oxidation sites excluding steroid dienone is 4. The number of rotatable bonds is 4. The van der Waals surface area contributed by atoms with Crippen molar-refractivity contribution in [3.8, 4) is 11.4 Å². The molecule has 4 unspecified atom stereocenters. The number of epoxide rings is 1. The van der Waals surface area contributed by atoms with E-state index in [9.17, 15) is 9.18 Å². The summed E-state index contributed by atoms with van der Waals surface area (Å²) in [5.74, 6) is 0.143. The maximum atomic E-state index is 14.7. The zero-order chi connectivity index (χ0) is 24.5. The molecule has 0 amide bonds. The van der Waals surface area contributed by atoms with Crippen LogP contribution in [0.1, 0.15) is 43.1 Å². The number of para-hydroxylation sites is 1. The van der Waals surface area contributed by atoms with Crippen molar-refractivity contribution in [3.05, 3.63) is 84.6 Å². The molecule has 3 aromatic rings. The predicted molar refractivity (Wildman–Crippen MR) is 133 cm³/mol. The first-order valence-corrected chi connectivity index (χ1v) is 12.0. The second-order valence-corrected chi connectivity index (χ2v) is 10.1. The first kappa shape index (κ1) is 22.0. The minimum atomic E-state index is -0.571. The Kier molecular flexibility index (Phi) is 4.87. The van der Waals surface area contributed by atoms with Crippen LogP contribution in [0.3, 0.4) is 0 Å². The first-order valence-electron chi connectivity index (χ1n) is 12.0. The van der Waals surface area contributed by atoms with Crippen molar-refractivity contribution in [2.24, 2.45) is 11.3 Å². The summed E-state index contributed by atoms with van der Waals surface area (Å²) in [6.07, 6.45) is 5.75. The number of ketones is 1. The number of aromatic nitrogens is 3. The molecule has 1 saturated carbocycles. The SMILES string of the molecule is C=C/C=C(\C(=C)F)c1nc(-c2ccnc3ccccc23)nc2c1CCC1C2C2OC2C(=O)C1(C)C. The van der Waals surface area contributed by atoms with Crippen molar-refractivity contribution in [2.75, 3.05) is 0 Å². The van der Waals surface area contributed by atoms with Crippen LogP contribution in [0.25, 0.3) is 27.9 Å². The summed E-state index contributed by atoms with van der Waals surface area (Å²) >= 11 is 0. The van der Waals surface area contributed by atoms with E-state index < -0.39 is 11.2 Å². The Balaban J connectivity index is 1.63. The number of pyridine rings is 1. The maximum absolute atomic E-state index is 14.7. The van der Waals surface area contributed by atoms with Crippen LogP contribution in [0.4, 0.5) is 4.39 Å². The Morgan fingerprint density at radius 3 is 2.80 bits per heavy atom. The summed E-state index contributed by atoms with van der Waals surface area (Å²) in [6, 6.07) is 9.71. The van der Waals surface area contributed by atoms with Gasteiger partial charge in [-0.15, -0.1) is 0 Å². The quantitative estimate of drug-likeness (QED) is 0.360. The molecule has 2 fully saturated rings.